The molecule has 23 heavy (non-hydrogen) atoms. The molecule has 2 heterocycles. The molecule has 0 spiro atoms. The van der Waals surface area contributed by atoms with Crippen LogP contribution in [0.5, 0.6) is 11.5 Å². The molecule has 8 heteroatoms. The molecular formula is C15H12F2N4O2. The molecule has 118 valence electrons. The summed E-state index contributed by atoms with van der Waals surface area (Å²) in [4.78, 5) is 7.32. The first kappa shape index (κ1) is 17.8. The number of aryl methyl sites for hydroxylation is 2. The molecule has 0 aliphatic carbocycles. The Kier molecular flexibility index (Phi) is 6.38. The summed E-state index contributed by atoms with van der Waals surface area (Å²) < 4.78 is 27.5. The summed E-state index contributed by atoms with van der Waals surface area (Å²) in [5.74, 6) is 0.0583. The van der Waals surface area contributed by atoms with Crippen molar-refractivity contribution in [3.8, 4) is 23.6 Å². The van der Waals surface area contributed by atoms with Gasteiger partial charge in [0, 0.05) is 0 Å². The molecule has 0 bridgehead atoms. The second-order valence-electron chi connectivity index (χ2n) is 4.30. The largest absolute Gasteiger partial charge is 0.506 e. The van der Waals surface area contributed by atoms with Gasteiger partial charge in [0.1, 0.15) is 35.0 Å². The summed E-state index contributed by atoms with van der Waals surface area (Å²) in [5, 5.41) is 25.8. The molecule has 0 fully saturated rings. The van der Waals surface area contributed by atoms with Gasteiger partial charge in [0.05, 0.1) is 12.4 Å². The van der Waals surface area contributed by atoms with Crippen molar-refractivity contribution in [3.05, 3.63) is 47.0 Å². The highest BCUT2D eigenvalue weighted by Gasteiger charge is 2.06. The number of nitriles is 2. The van der Waals surface area contributed by atoms with E-state index in [1.54, 1.807) is 13.8 Å². The van der Waals surface area contributed by atoms with Crippen molar-refractivity contribution in [1.82, 2.24) is 9.97 Å². The summed E-state index contributed by atoms with van der Waals surface area (Å²) in [6, 6.07) is 6.57. The molecule has 1 N–H and O–H groups in total. The minimum atomic E-state index is -2.87. The van der Waals surface area contributed by atoms with Gasteiger partial charge in [0.25, 0.3) is 0 Å². The molecule has 0 radical (unpaired) electrons. The zero-order valence-corrected chi connectivity index (χ0v) is 12.3. The number of hydrogen-bond acceptors (Lipinski definition) is 6. The van der Waals surface area contributed by atoms with Crippen LogP contribution in [0.4, 0.5) is 8.78 Å². The van der Waals surface area contributed by atoms with E-state index in [9.17, 15) is 8.78 Å². The zero-order chi connectivity index (χ0) is 17.4. The summed E-state index contributed by atoms with van der Waals surface area (Å²) in [5.41, 5.74) is 1.78. The van der Waals surface area contributed by atoms with E-state index in [0.717, 1.165) is 6.20 Å². The molecule has 2 aromatic heterocycles. The second kappa shape index (κ2) is 8.25. The normalized spacial score (nSPS) is 9.35. The van der Waals surface area contributed by atoms with E-state index in [4.69, 9.17) is 15.6 Å². The highest BCUT2D eigenvalue weighted by Crippen LogP contribution is 2.15. The Morgan fingerprint density at radius 3 is 2.00 bits per heavy atom. The predicted octanol–water partition coefficient (Wildman–Crippen LogP) is 2.83. The average Bonchev–Trinajstić information content (AvgIpc) is 2.47. The quantitative estimate of drug-likeness (QED) is 0.913. The van der Waals surface area contributed by atoms with Crippen molar-refractivity contribution >= 4 is 0 Å². The molecule has 0 aromatic carbocycles. The molecule has 0 amide bonds. The van der Waals surface area contributed by atoms with Crippen LogP contribution in [-0.2, 0) is 0 Å². The minimum absolute atomic E-state index is 0.0356. The number of aromatic nitrogens is 2. The third-order valence-electron chi connectivity index (χ3n) is 2.55. The number of halogens is 2. The molecule has 6 nitrogen and oxygen atoms in total. The fourth-order valence-corrected chi connectivity index (χ4v) is 1.51. The summed E-state index contributed by atoms with van der Waals surface area (Å²) in [6.45, 7) is 0.462. The molecule has 0 saturated heterocycles. The molecule has 0 aliphatic rings. The van der Waals surface area contributed by atoms with Gasteiger partial charge in [-0.2, -0.15) is 19.3 Å². The standard InChI is InChI=1S/C8H6F2N2O.C7H6N2O/c1-5-2-6(13-8(9)10)4-12-7(5)3-11;1-5-2-6(10)4-9-7(5)3-8/h2,4,8H,1H3;2,4,10H,1H3. The molecular weight excluding hydrogens is 306 g/mol. The van der Waals surface area contributed by atoms with Gasteiger partial charge < -0.3 is 9.84 Å². The monoisotopic (exact) mass is 318 g/mol. The Labute approximate surface area is 131 Å². The van der Waals surface area contributed by atoms with Crippen LogP contribution in [0, 0.1) is 36.5 Å². The Morgan fingerprint density at radius 1 is 1.04 bits per heavy atom. The minimum Gasteiger partial charge on any atom is -0.506 e. The third-order valence-corrected chi connectivity index (χ3v) is 2.55. The van der Waals surface area contributed by atoms with Crippen LogP contribution in [0.1, 0.15) is 22.5 Å². The fourth-order valence-electron chi connectivity index (χ4n) is 1.51. The number of ether oxygens (including phenoxy) is 1. The van der Waals surface area contributed by atoms with Crippen molar-refractivity contribution in [2.45, 2.75) is 20.5 Å². The Hall–Kier alpha value is -3.26. The fraction of sp³-hybridized carbons (Fsp3) is 0.200. The van der Waals surface area contributed by atoms with E-state index in [1.807, 2.05) is 12.1 Å². The number of nitrogens with zero attached hydrogens (tertiary/aromatic N) is 4. The molecule has 2 rings (SSSR count). The topological polar surface area (TPSA) is 103 Å². The number of rotatable bonds is 2. The van der Waals surface area contributed by atoms with Gasteiger partial charge in [-0.05, 0) is 37.1 Å². The van der Waals surface area contributed by atoms with E-state index in [2.05, 4.69) is 14.7 Å². The molecule has 0 aliphatic heterocycles. The van der Waals surface area contributed by atoms with Crippen LogP contribution in [0.3, 0.4) is 0 Å². The van der Waals surface area contributed by atoms with E-state index < -0.39 is 6.61 Å². The van der Waals surface area contributed by atoms with Crippen LogP contribution in [0.2, 0.25) is 0 Å². The van der Waals surface area contributed by atoms with Gasteiger partial charge in [-0.3, -0.25) is 0 Å². The van der Waals surface area contributed by atoms with Gasteiger partial charge in [-0.15, -0.1) is 0 Å². The van der Waals surface area contributed by atoms with E-state index >= 15 is 0 Å². The van der Waals surface area contributed by atoms with Gasteiger partial charge >= 0.3 is 6.61 Å². The van der Waals surface area contributed by atoms with Crippen molar-refractivity contribution in [2.75, 3.05) is 0 Å². The third kappa shape index (κ3) is 5.56. The van der Waals surface area contributed by atoms with E-state index in [1.165, 1.54) is 18.3 Å². The number of aromatic hydroxyl groups is 1. The second-order valence-corrected chi connectivity index (χ2v) is 4.30. The lowest BCUT2D eigenvalue weighted by molar-refractivity contribution is -0.0501. The van der Waals surface area contributed by atoms with Gasteiger partial charge in [0.2, 0.25) is 0 Å². The molecule has 0 saturated carbocycles. The zero-order valence-electron chi connectivity index (χ0n) is 12.3. The maximum Gasteiger partial charge on any atom is 0.387 e. The first-order valence-corrected chi connectivity index (χ1v) is 6.24. The first-order chi connectivity index (χ1) is 10.9. The lowest BCUT2D eigenvalue weighted by Crippen LogP contribution is -2.03. The SMILES string of the molecule is Cc1cc(O)cnc1C#N.Cc1cc(OC(F)F)cnc1C#N. The smallest absolute Gasteiger partial charge is 0.387 e. The molecule has 0 unspecified atom stereocenters. The highest BCUT2D eigenvalue weighted by atomic mass is 19.3. The summed E-state index contributed by atoms with van der Waals surface area (Å²) >= 11 is 0. The number of alkyl halides is 2. The van der Waals surface area contributed by atoms with Crippen LogP contribution >= 0.6 is 0 Å². The Bertz CT molecular complexity index is 767. The summed E-state index contributed by atoms with van der Waals surface area (Å²) in [6.07, 6.45) is 2.35. The van der Waals surface area contributed by atoms with Crippen LogP contribution < -0.4 is 4.74 Å². The number of pyridine rings is 2. The predicted molar refractivity (Wildman–Crippen MR) is 75.7 cm³/mol. The van der Waals surface area contributed by atoms with Gasteiger partial charge in [-0.25, -0.2) is 9.97 Å². The van der Waals surface area contributed by atoms with Gasteiger partial charge in [0.15, 0.2) is 0 Å². The maximum atomic E-state index is 11.7. The van der Waals surface area contributed by atoms with Crippen LogP contribution in [0.15, 0.2) is 24.5 Å². The Morgan fingerprint density at radius 2 is 1.57 bits per heavy atom. The lowest BCUT2D eigenvalue weighted by Gasteiger charge is -2.04. The summed E-state index contributed by atoms with van der Waals surface area (Å²) in [7, 11) is 0. The van der Waals surface area contributed by atoms with E-state index in [0.29, 0.717) is 16.8 Å². The average molecular weight is 318 g/mol. The number of hydrogen-bond donors (Lipinski definition) is 1. The van der Waals surface area contributed by atoms with Crippen LogP contribution in [0.25, 0.3) is 0 Å². The first-order valence-electron chi connectivity index (χ1n) is 6.24. The lowest BCUT2D eigenvalue weighted by atomic mass is 10.2. The van der Waals surface area contributed by atoms with Crippen LogP contribution in [-0.4, -0.2) is 21.7 Å². The van der Waals surface area contributed by atoms with Crippen molar-refractivity contribution < 1.29 is 18.6 Å². The highest BCUT2D eigenvalue weighted by molar-refractivity contribution is 5.35. The van der Waals surface area contributed by atoms with E-state index in [-0.39, 0.29) is 17.2 Å². The Balaban J connectivity index is 0.000000238. The van der Waals surface area contributed by atoms with Gasteiger partial charge in [-0.1, -0.05) is 0 Å². The van der Waals surface area contributed by atoms with Crippen molar-refractivity contribution in [1.29, 1.82) is 10.5 Å². The van der Waals surface area contributed by atoms with Crippen molar-refractivity contribution in [3.63, 3.8) is 0 Å². The molecule has 0 atom stereocenters. The maximum absolute atomic E-state index is 11.7. The molecule has 2 aromatic rings. The van der Waals surface area contributed by atoms with Crippen molar-refractivity contribution in [2.24, 2.45) is 0 Å².